The van der Waals surface area contributed by atoms with Crippen LogP contribution in [0.2, 0.25) is 0 Å². The van der Waals surface area contributed by atoms with Crippen LogP contribution in [0.25, 0.3) is 0 Å². The van der Waals surface area contributed by atoms with Crippen LogP contribution in [0.4, 0.5) is 0 Å². The zero-order valence-electron chi connectivity index (χ0n) is 12.3. The highest BCUT2D eigenvalue weighted by Crippen LogP contribution is 2.16. The largest absolute Gasteiger partial charge is 0.447 e. The Morgan fingerprint density at radius 1 is 1.24 bits per heavy atom. The van der Waals surface area contributed by atoms with E-state index in [0.29, 0.717) is 18.8 Å². The van der Waals surface area contributed by atoms with Crippen molar-refractivity contribution in [1.82, 2.24) is 14.6 Å². The molecule has 0 saturated heterocycles. The predicted molar refractivity (Wildman–Crippen MR) is 79.1 cm³/mol. The first kappa shape index (κ1) is 15.7. The summed E-state index contributed by atoms with van der Waals surface area (Å²) in [5.74, 6) is 0.573. The highest BCUT2D eigenvalue weighted by Gasteiger charge is 2.21. The molecule has 0 atom stereocenters. The molecule has 0 fully saturated rings. The number of aromatic nitrogens is 1. The average molecular weight is 309 g/mol. The topological polar surface area (TPSA) is 75.4 Å². The van der Waals surface area contributed by atoms with Crippen LogP contribution in [0.5, 0.6) is 0 Å². The molecular formula is C14H19N3O3S. The lowest BCUT2D eigenvalue weighted by atomic mass is 10.2. The van der Waals surface area contributed by atoms with E-state index in [4.69, 9.17) is 4.42 Å². The summed E-state index contributed by atoms with van der Waals surface area (Å²) >= 11 is 0. The van der Waals surface area contributed by atoms with Crippen LogP contribution in [-0.4, -0.2) is 31.8 Å². The summed E-state index contributed by atoms with van der Waals surface area (Å²) in [5, 5.41) is 3.14. The number of nitrogens with zero attached hydrogens (tertiary/aromatic N) is 2. The number of hydrogen-bond acceptors (Lipinski definition) is 5. The summed E-state index contributed by atoms with van der Waals surface area (Å²) in [6, 6.07) is 7.02. The molecule has 0 saturated carbocycles. The van der Waals surface area contributed by atoms with E-state index in [1.807, 2.05) is 19.1 Å². The molecule has 6 nitrogen and oxygen atoms in total. The third-order valence-electron chi connectivity index (χ3n) is 3.08. The third kappa shape index (κ3) is 3.69. The lowest BCUT2D eigenvalue weighted by molar-refractivity contribution is 0.388. The van der Waals surface area contributed by atoms with Crippen LogP contribution in [0.15, 0.2) is 40.0 Å². The Labute approximate surface area is 124 Å². The van der Waals surface area contributed by atoms with E-state index in [2.05, 4.69) is 10.3 Å². The molecule has 0 aromatic carbocycles. The van der Waals surface area contributed by atoms with Crippen LogP contribution in [0.1, 0.15) is 17.0 Å². The van der Waals surface area contributed by atoms with E-state index in [-0.39, 0.29) is 5.09 Å². The van der Waals surface area contributed by atoms with Gasteiger partial charge >= 0.3 is 0 Å². The Morgan fingerprint density at radius 3 is 2.67 bits per heavy atom. The lowest BCUT2D eigenvalue weighted by Gasteiger charge is -2.08. The van der Waals surface area contributed by atoms with Gasteiger partial charge in [-0.2, -0.15) is 0 Å². The molecule has 0 spiro atoms. The molecule has 0 unspecified atom stereocenters. The van der Waals surface area contributed by atoms with Gasteiger partial charge in [-0.15, -0.1) is 0 Å². The van der Waals surface area contributed by atoms with Crippen molar-refractivity contribution in [1.29, 1.82) is 0 Å². The third-order valence-corrected chi connectivity index (χ3v) is 4.77. The number of furan rings is 1. The molecule has 0 aliphatic rings. The highest BCUT2D eigenvalue weighted by molar-refractivity contribution is 7.88. The molecule has 1 N–H and O–H groups in total. The quantitative estimate of drug-likeness (QED) is 0.875. The fraction of sp³-hybridized carbons (Fsp3) is 0.357. The highest BCUT2D eigenvalue weighted by atomic mass is 32.2. The monoisotopic (exact) mass is 309 g/mol. The molecule has 0 aliphatic carbocycles. The Morgan fingerprint density at radius 2 is 2.00 bits per heavy atom. The number of aryl methyl sites for hydroxylation is 1. The standard InChI is InChI=1S/C14H19N3O3S/c1-11-5-4-8-16-13(11)10-15-9-12-6-7-14(20-12)21(18,19)17(2)3/h4-8,15H,9-10H2,1-3H3. The maximum atomic E-state index is 11.9. The molecule has 2 aromatic rings. The van der Waals surface area contributed by atoms with Gasteiger partial charge in [-0.05, 0) is 30.7 Å². The average Bonchev–Trinajstić information content (AvgIpc) is 2.90. The van der Waals surface area contributed by atoms with Gasteiger partial charge in [0.15, 0.2) is 0 Å². The SMILES string of the molecule is Cc1cccnc1CNCc1ccc(S(=O)(=O)N(C)C)o1. The van der Waals surface area contributed by atoms with E-state index in [1.165, 1.54) is 20.2 Å². The summed E-state index contributed by atoms with van der Waals surface area (Å²) in [7, 11) is -0.570. The molecular weight excluding hydrogens is 290 g/mol. The second-order valence-electron chi connectivity index (χ2n) is 4.88. The Kier molecular flexibility index (Phi) is 4.76. The van der Waals surface area contributed by atoms with Gasteiger partial charge in [0, 0.05) is 26.8 Å². The predicted octanol–water partition coefficient (Wildman–Crippen LogP) is 1.52. The second-order valence-corrected chi connectivity index (χ2v) is 6.96. The summed E-state index contributed by atoms with van der Waals surface area (Å²) < 4.78 is 30.3. The molecule has 0 aliphatic heterocycles. The number of rotatable bonds is 6. The molecule has 2 heterocycles. The summed E-state index contributed by atoms with van der Waals surface area (Å²) in [4.78, 5) is 4.28. The molecule has 2 aromatic heterocycles. The van der Waals surface area contributed by atoms with Crippen molar-refractivity contribution in [2.75, 3.05) is 14.1 Å². The zero-order valence-corrected chi connectivity index (χ0v) is 13.1. The minimum atomic E-state index is -3.51. The molecule has 21 heavy (non-hydrogen) atoms. The van der Waals surface area contributed by atoms with Crippen molar-refractivity contribution >= 4 is 10.0 Å². The first-order valence-electron chi connectivity index (χ1n) is 6.53. The van der Waals surface area contributed by atoms with Gasteiger partial charge in [0.05, 0.1) is 12.2 Å². The molecule has 0 amide bonds. The minimum Gasteiger partial charge on any atom is -0.447 e. The first-order valence-corrected chi connectivity index (χ1v) is 7.97. The lowest BCUT2D eigenvalue weighted by Crippen LogP contribution is -2.21. The Balaban J connectivity index is 1.97. The van der Waals surface area contributed by atoms with Crippen LogP contribution >= 0.6 is 0 Å². The van der Waals surface area contributed by atoms with E-state index in [9.17, 15) is 8.42 Å². The van der Waals surface area contributed by atoms with Gasteiger partial charge in [0.2, 0.25) is 5.09 Å². The normalized spacial score (nSPS) is 12.0. The van der Waals surface area contributed by atoms with Gasteiger partial charge in [0.25, 0.3) is 10.0 Å². The molecule has 114 valence electrons. The van der Waals surface area contributed by atoms with Crippen LogP contribution < -0.4 is 5.32 Å². The minimum absolute atomic E-state index is 0.0432. The van der Waals surface area contributed by atoms with E-state index < -0.39 is 10.0 Å². The van der Waals surface area contributed by atoms with Gasteiger partial charge < -0.3 is 9.73 Å². The first-order chi connectivity index (χ1) is 9.91. The van der Waals surface area contributed by atoms with E-state index in [1.54, 1.807) is 12.3 Å². The van der Waals surface area contributed by atoms with Gasteiger partial charge in [0.1, 0.15) is 5.76 Å². The molecule has 2 rings (SSSR count). The maximum Gasteiger partial charge on any atom is 0.275 e. The van der Waals surface area contributed by atoms with Gasteiger partial charge in [-0.1, -0.05) is 6.07 Å². The van der Waals surface area contributed by atoms with Crippen molar-refractivity contribution in [3.63, 3.8) is 0 Å². The summed E-state index contributed by atoms with van der Waals surface area (Å²) in [5.41, 5.74) is 2.07. The molecule has 0 radical (unpaired) electrons. The molecule has 7 heteroatoms. The van der Waals surface area contributed by atoms with Crippen molar-refractivity contribution in [3.05, 3.63) is 47.5 Å². The Hall–Kier alpha value is -1.70. The smallest absolute Gasteiger partial charge is 0.275 e. The fourth-order valence-corrected chi connectivity index (χ4v) is 2.59. The number of sulfonamides is 1. The number of pyridine rings is 1. The van der Waals surface area contributed by atoms with Crippen LogP contribution in [-0.2, 0) is 23.1 Å². The van der Waals surface area contributed by atoms with Gasteiger partial charge in [-0.3, -0.25) is 4.98 Å². The van der Waals surface area contributed by atoms with Crippen molar-refractivity contribution in [2.45, 2.75) is 25.1 Å². The Bertz CT molecular complexity index is 708. The second kappa shape index (κ2) is 6.38. The van der Waals surface area contributed by atoms with E-state index >= 15 is 0 Å². The molecule has 0 bridgehead atoms. The van der Waals surface area contributed by atoms with Gasteiger partial charge in [-0.25, -0.2) is 12.7 Å². The van der Waals surface area contributed by atoms with E-state index in [0.717, 1.165) is 15.6 Å². The maximum absolute atomic E-state index is 11.9. The zero-order chi connectivity index (χ0) is 15.5. The van der Waals surface area contributed by atoms with Crippen molar-refractivity contribution in [3.8, 4) is 0 Å². The summed E-state index contributed by atoms with van der Waals surface area (Å²) in [6.45, 7) is 3.04. The van der Waals surface area contributed by atoms with Crippen molar-refractivity contribution in [2.24, 2.45) is 0 Å². The van der Waals surface area contributed by atoms with Crippen molar-refractivity contribution < 1.29 is 12.8 Å². The summed E-state index contributed by atoms with van der Waals surface area (Å²) in [6.07, 6.45) is 1.75. The van der Waals surface area contributed by atoms with Crippen LogP contribution in [0.3, 0.4) is 0 Å². The fourth-order valence-electron chi connectivity index (χ4n) is 1.78. The van der Waals surface area contributed by atoms with Crippen LogP contribution in [0, 0.1) is 6.92 Å². The number of hydrogen-bond donors (Lipinski definition) is 1. The number of nitrogens with one attached hydrogen (secondary N) is 1.